The first-order valence-electron chi connectivity index (χ1n) is 12.5. The molecule has 1 aromatic carbocycles. The summed E-state index contributed by atoms with van der Waals surface area (Å²) < 4.78 is 64.8. The van der Waals surface area contributed by atoms with Crippen LogP contribution in [0, 0.1) is 0 Å². The fourth-order valence-electron chi connectivity index (χ4n) is 5.28. The Morgan fingerprint density at radius 3 is 2.24 bits per heavy atom. The van der Waals surface area contributed by atoms with Crippen molar-refractivity contribution < 1.29 is 26.7 Å². The zero-order valence-corrected chi connectivity index (χ0v) is 21.6. The summed E-state index contributed by atoms with van der Waals surface area (Å²) in [6.07, 6.45) is 0.0469. The number of hydrogen-bond acceptors (Lipinski definition) is 7. The zero-order chi connectivity index (χ0) is 27.1. The Kier molecular flexibility index (Phi) is 6.95. The van der Waals surface area contributed by atoms with Crippen LogP contribution in [0.4, 0.5) is 19.0 Å². The van der Waals surface area contributed by atoms with Crippen LogP contribution in [-0.2, 0) is 21.6 Å². The third-order valence-corrected chi connectivity index (χ3v) is 9.65. The van der Waals surface area contributed by atoms with Crippen molar-refractivity contribution in [3.05, 3.63) is 72.2 Å². The number of nitrogens with zero attached hydrogens (tertiary/aromatic N) is 3. The summed E-state index contributed by atoms with van der Waals surface area (Å²) >= 11 is 0. The molecule has 2 aromatic heterocycles. The van der Waals surface area contributed by atoms with Gasteiger partial charge >= 0.3 is 6.18 Å². The SMILES string of the molecule is CN1CC(O)(c2cc(-c3ccc(S(=O)(=O)C4CCC(Nc5ccc(C(F)(F)F)cn5)CC4)cc3)ccn2)C1. The summed E-state index contributed by atoms with van der Waals surface area (Å²) in [6, 6.07) is 12.7. The Labute approximate surface area is 219 Å². The lowest BCUT2D eigenvalue weighted by molar-refractivity contribution is -0.137. The first kappa shape index (κ1) is 26.6. The summed E-state index contributed by atoms with van der Waals surface area (Å²) in [5.41, 5.74) is 0.509. The van der Waals surface area contributed by atoms with Gasteiger partial charge < -0.3 is 10.4 Å². The van der Waals surface area contributed by atoms with E-state index in [0.29, 0.717) is 50.3 Å². The number of likely N-dealkylation sites (tertiary alicyclic amines) is 1. The fourth-order valence-corrected chi connectivity index (χ4v) is 7.07. The molecule has 0 radical (unpaired) electrons. The van der Waals surface area contributed by atoms with Crippen LogP contribution in [0.3, 0.4) is 0 Å². The van der Waals surface area contributed by atoms with Gasteiger partial charge in [-0.2, -0.15) is 13.2 Å². The number of anilines is 1. The number of nitrogens with one attached hydrogen (secondary N) is 1. The third-order valence-electron chi connectivity index (χ3n) is 7.37. The van der Waals surface area contributed by atoms with Gasteiger partial charge in [0.1, 0.15) is 11.4 Å². The molecule has 2 aliphatic rings. The normalized spacial score (nSPS) is 22.0. The molecule has 0 amide bonds. The maximum absolute atomic E-state index is 13.3. The number of likely N-dealkylation sites (N-methyl/N-ethyl adjacent to an activating group) is 1. The molecule has 7 nitrogen and oxygen atoms in total. The third kappa shape index (κ3) is 5.41. The number of aliphatic hydroxyl groups is 1. The van der Waals surface area contributed by atoms with Crippen LogP contribution in [0.1, 0.15) is 36.9 Å². The first-order valence-corrected chi connectivity index (χ1v) is 14.0. The number of halogens is 3. The molecule has 1 saturated carbocycles. The van der Waals surface area contributed by atoms with Crippen molar-refractivity contribution in [1.29, 1.82) is 0 Å². The Morgan fingerprint density at radius 2 is 1.66 bits per heavy atom. The summed E-state index contributed by atoms with van der Waals surface area (Å²) in [7, 11) is -1.61. The molecule has 5 rings (SSSR count). The molecule has 0 spiro atoms. The smallest absolute Gasteiger partial charge is 0.381 e. The number of rotatable bonds is 6. The lowest BCUT2D eigenvalue weighted by Gasteiger charge is -2.44. The highest BCUT2D eigenvalue weighted by Crippen LogP contribution is 2.34. The number of hydrogen-bond donors (Lipinski definition) is 2. The maximum Gasteiger partial charge on any atom is 0.417 e. The minimum atomic E-state index is -4.44. The van der Waals surface area contributed by atoms with Crippen molar-refractivity contribution in [2.75, 3.05) is 25.5 Å². The van der Waals surface area contributed by atoms with Gasteiger partial charge in [-0.1, -0.05) is 12.1 Å². The number of sulfone groups is 1. The largest absolute Gasteiger partial charge is 0.417 e. The minimum absolute atomic E-state index is 0.0563. The minimum Gasteiger partial charge on any atom is -0.381 e. The van der Waals surface area contributed by atoms with E-state index in [2.05, 4.69) is 15.3 Å². The number of alkyl halides is 3. The standard InChI is InChI=1S/C27H29F3N4O3S/c1-34-16-26(35,17-34)24-14-19(12-13-31-24)18-2-7-22(8-3-18)38(36,37)23-9-5-21(6-10-23)33-25-11-4-20(15-32-25)27(28,29)30/h2-4,7-8,11-15,21,23,35H,5-6,9-10,16-17H2,1H3,(H,32,33). The van der Waals surface area contributed by atoms with Crippen molar-refractivity contribution in [3.8, 4) is 11.1 Å². The van der Waals surface area contributed by atoms with Gasteiger partial charge in [0.25, 0.3) is 0 Å². The quantitative estimate of drug-likeness (QED) is 0.470. The Hall–Kier alpha value is -3.02. The van der Waals surface area contributed by atoms with E-state index >= 15 is 0 Å². The molecule has 2 fully saturated rings. The molecule has 38 heavy (non-hydrogen) atoms. The van der Waals surface area contributed by atoms with E-state index in [1.54, 1.807) is 30.5 Å². The number of benzene rings is 1. The molecule has 3 heterocycles. The van der Waals surface area contributed by atoms with Gasteiger partial charge in [-0.15, -0.1) is 0 Å². The second-order valence-corrected chi connectivity index (χ2v) is 12.5. The number of aromatic nitrogens is 2. The van der Waals surface area contributed by atoms with Crippen LogP contribution < -0.4 is 5.32 Å². The van der Waals surface area contributed by atoms with Crippen LogP contribution >= 0.6 is 0 Å². The average molecular weight is 547 g/mol. The van der Waals surface area contributed by atoms with Crippen molar-refractivity contribution in [2.24, 2.45) is 0 Å². The first-order chi connectivity index (χ1) is 17.9. The summed E-state index contributed by atoms with van der Waals surface area (Å²) in [4.78, 5) is 10.4. The van der Waals surface area contributed by atoms with Crippen molar-refractivity contribution in [2.45, 2.75) is 53.6 Å². The molecule has 2 N–H and O–H groups in total. The molecule has 1 aliphatic carbocycles. The van der Waals surface area contributed by atoms with Crippen molar-refractivity contribution in [1.82, 2.24) is 14.9 Å². The number of pyridine rings is 2. The van der Waals surface area contributed by atoms with E-state index in [-0.39, 0.29) is 10.9 Å². The number of β-amino-alcohol motifs (C(OH)–C–C–N with tert-alkyl or cyclic N) is 1. The van der Waals surface area contributed by atoms with Crippen molar-refractivity contribution >= 4 is 15.7 Å². The molecular weight excluding hydrogens is 517 g/mol. The topological polar surface area (TPSA) is 95.4 Å². The fraction of sp³-hybridized carbons (Fsp3) is 0.407. The van der Waals surface area contributed by atoms with E-state index in [1.807, 2.05) is 24.1 Å². The predicted molar refractivity (Wildman–Crippen MR) is 137 cm³/mol. The second kappa shape index (κ2) is 9.94. The van der Waals surface area contributed by atoms with Gasteiger partial charge in [0.2, 0.25) is 0 Å². The van der Waals surface area contributed by atoms with E-state index in [4.69, 9.17) is 0 Å². The molecule has 202 valence electrons. The van der Waals surface area contributed by atoms with Crippen LogP contribution in [0.25, 0.3) is 11.1 Å². The molecule has 0 unspecified atom stereocenters. The van der Waals surface area contributed by atoms with Gasteiger partial charge in [-0.25, -0.2) is 13.4 Å². The van der Waals surface area contributed by atoms with Crippen molar-refractivity contribution in [3.63, 3.8) is 0 Å². The molecule has 11 heteroatoms. The monoisotopic (exact) mass is 546 g/mol. The highest BCUT2D eigenvalue weighted by molar-refractivity contribution is 7.92. The lowest BCUT2D eigenvalue weighted by Crippen LogP contribution is -2.57. The molecule has 0 atom stereocenters. The van der Waals surface area contributed by atoms with Gasteiger partial charge in [0, 0.05) is 31.5 Å². The van der Waals surface area contributed by atoms with E-state index in [0.717, 1.165) is 23.4 Å². The highest BCUT2D eigenvalue weighted by atomic mass is 32.2. The Morgan fingerprint density at radius 1 is 0.974 bits per heavy atom. The van der Waals surface area contributed by atoms with Gasteiger partial charge in [0.15, 0.2) is 9.84 Å². The van der Waals surface area contributed by atoms with Crippen LogP contribution in [-0.4, -0.2) is 59.8 Å². The van der Waals surface area contributed by atoms with Gasteiger partial charge in [-0.3, -0.25) is 9.88 Å². The summed E-state index contributed by atoms with van der Waals surface area (Å²) in [5, 5.41) is 13.3. The van der Waals surface area contributed by atoms with Crippen LogP contribution in [0.5, 0.6) is 0 Å². The maximum atomic E-state index is 13.3. The summed E-state index contributed by atoms with van der Waals surface area (Å²) in [6.45, 7) is 1.03. The second-order valence-electron chi connectivity index (χ2n) is 10.3. The van der Waals surface area contributed by atoms with E-state index < -0.39 is 32.4 Å². The van der Waals surface area contributed by atoms with Crippen LogP contribution in [0.15, 0.2) is 65.8 Å². The predicted octanol–water partition coefficient (Wildman–Crippen LogP) is 4.49. The molecule has 3 aromatic rings. The Bertz CT molecular complexity index is 1380. The lowest BCUT2D eigenvalue weighted by atomic mass is 9.89. The molecular formula is C27H29F3N4O3S. The van der Waals surface area contributed by atoms with E-state index in [1.165, 1.54) is 6.07 Å². The Balaban J connectivity index is 1.21. The van der Waals surface area contributed by atoms with Gasteiger partial charge in [-0.05, 0) is 80.3 Å². The molecule has 0 bridgehead atoms. The average Bonchev–Trinajstić information content (AvgIpc) is 2.88. The van der Waals surface area contributed by atoms with Gasteiger partial charge in [0.05, 0.1) is 21.4 Å². The molecule has 1 aliphatic heterocycles. The van der Waals surface area contributed by atoms with Crippen LogP contribution in [0.2, 0.25) is 0 Å². The van der Waals surface area contributed by atoms with E-state index in [9.17, 15) is 26.7 Å². The summed E-state index contributed by atoms with van der Waals surface area (Å²) in [5.74, 6) is 0.343. The zero-order valence-electron chi connectivity index (χ0n) is 20.8. The highest BCUT2D eigenvalue weighted by Gasteiger charge is 2.42. The molecule has 1 saturated heterocycles.